The Morgan fingerprint density at radius 2 is 0.430 bits per heavy atom. The fraction of sp³-hybridized carbons (Fsp3) is 0.0333. The van der Waals surface area contributed by atoms with E-state index in [9.17, 15) is 0 Å². The molecule has 21 rings (SSSR count). The standard InChI is InChI=1S/C46H32N6.C44H30N4/c1-49-41-19-11-9-17-37(41)47-45(49)51-39-25-21-31(29-13-5-3-6-14-29)27-35(39)33-23-24-34-36-28-32(30-15-7-4-8-16-30)22-26-40(36)52(44(34)43(33)51)46-48-38-18-10-12-20-42(38)50(46)2;1-46-41-20-12-11-19-38(41)45-44(46)48-40-26-22-32(30-15-7-3-8-16-30)28-37(40)35-24-23-34-36-27-31(29-13-5-2-6-14-29)21-25-39(36)47(42(34)43(35)48)33-17-9-4-10-18-33/h3-28H,1-2H3;2-28H,1H3. The van der Waals surface area contributed by atoms with E-state index in [0.29, 0.717) is 0 Å². The third-order valence-electron chi connectivity index (χ3n) is 20.6. The number of rotatable bonds is 8. The average Bonchev–Trinajstić information content (AvgIpc) is 1.54. The zero-order chi connectivity index (χ0) is 66.3. The summed E-state index contributed by atoms with van der Waals surface area (Å²) in [7, 11) is 6.36. The van der Waals surface area contributed by atoms with Gasteiger partial charge in [0.25, 0.3) is 0 Å². The topological polar surface area (TPSA) is 73.2 Å². The van der Waals surface area contributed by atoms with Crippen molar-refractivity contribution in [3.05, 3.63) is 322 Å². The van der Waals surface area contributed by atoms with E-state index in [-0.39, 0.29) is 0 Å². The first kappa shape index (κ1) is 57.0. The van der Waals surface area contributed by atoms with Crippen LogP contribution >= 0.6 is 0 Å². The summed E-state index contributed by atoms with van der Waals surface area (Å²) in [6.45, 7) is 0. The molecule has 7 aromatic heterocycles. The van der Waals surface area contributed by atoms with Crippen molar-refractivity contribution in [3.8, 4) is 68.0 Å². The Morgan fingerprint density at radius 1 is 0.190 bits per heavy atom. The van der Waals surface area contributed by atoms with Crippen LogP contribution in [0.25, 0.3) is 188 Å². The second-order valence-corrected chi connectivity index (χ2v) is 26.2. The van der Waals surface area contributed by atoms with Crippen molar-refractivity contribution >= 4 is 120 Å². The maximum absolute atomic E-state index is 5.30. The molecule has 0 fully saturated rings. The molecule has 10 heteroatoms. The lowest BCUT2D eigenvalue weighted by molar-refractivity contribution is 0.861. The maximum atomic E-state index is 5.30. The van der Waals surface area contributed by atoms with Gasteiger partial charge in [-0.15, -0.1) is 0 Å². The lowest BCUT2D eigenvalue weighted by Gasteiger charge is -2.12. The monoisotopic (exact) mass is 1280 g/mol. The van der Waals surface area contributed by atoms with Crippen LogP contribution < -0.4 is 0 Å². The first-order chi connectivity index (χ1) is 49.4. The molecule has 0 spiro atoms. The fourth-order valence-corrected chi connectivity index (χ4v) is 15.9. The van der Waals surface area contributed by atoms with Crippen LogP contribution in [-0.4, -0.2) is 46.9 Å². The van der Waals surface area contributed by atoms with Gasteiger partial charge in [-0.3, -0.25) is 13.7 Å². The summed E-state index contributed by atoms with van der Waals surface area (Å²) in [6, 6.07) is 115. The third-order valence-corrected chi connectivity index (χ3v) is 20.6. The quantitative estimate of drug-likeness (QED) is 0.152. The second-order valence-electron chi connectivity index (χ2n) is 26.2. The summed E-state index contributed by atoms with van der Waals surface area (Å²) < 4.78 is 16.2. The molecule has 7 heterocycles. The Kier molecular flexibility index (Phi) is 12.8. The van der Waals surface area contributed by atoms with Crippen molar-refractivity contribution in [2.24, 2.45) is 21.1 Å². The number of aromatic nitrogens is 10. The van der Waals surface area contributed by atoms with Gasteiger partial charge in [-0.05, 0) is 142 Å². The molecule has 0 radical (unpaired) electrons. The summed E-state index contributed by atoms with van der Waals surface area (Å²) in [6.07, 6.45) is 0. The molecule has 0 saturated carbocycles. The van der Waals surface area contributed by atoms with Crippen LogP contribution in [0.15, 0.2) is 322 Å². The van der Waals surface area contributed by atoms with Gasteiger partial charge in [0.2, 0.25) is 17.8 Å². The van der Waals surface area contributed by atoms with Crippen LogP contribution in [0.1, 0.15) is 0 Å². The van der Waals surface area contributed by atoms with E-state index in [1.165, 1.54) is 98.6 Å². The molecule has 0 amide bonds. The van der Waals surface area contributed by atoms with E-state index in [4.69, 9.17) is 15.0 Å². The summed E-state index contributed by atoms with van der Waals surface area (Å²) in [5.74, 6) is 2.63. The minimum absolute atomic E-state index is 0.868. The van der Waals surface area contributed by atoms with Crippen molar-refractivity contribution in [1.82, 2.24) is 46.9 Å². The van der Waals surface area contributed by atoms with Crippen LogP contribution in [0.2, 0.25) is 0 Å². The Balaban J connectivity index is 0.000000135. The summed E-state index contributed by atoms with van der Waals surface area (Å²) >= 11 is 0. The highest BCUT2D eigenvalue weighted by molar-refractivity contribution is 6.26. The molecular weight excluding hydrogens is 1220 g/mol. The van der Waals surface area contributed by atoms with Crippen LogP contribution in [0.5, 0.6) is 0 Å². The van der Waals surface area contributed by atoms with Crippen molar-refractivity contribution in [2.75, 3.05) is 0 Å². The van der Waals surface area contributed by atoms with Gasteiger partial charge in [-0.25, -0.2) is 15.0 Å². The minimum atomic E-state index is 0.868. The van der Waals surface area contributed by atoms with E-state index < -0.39 is 0 Å². The number of aryl methyl sites for hydroxylation is 3. The first-order valence-electron chi connectivity index (χ1n) is 34.0. The summed E-state index contributed by atoms with van der Waals surface area (Å²) in [5.41, 5.74) is 25.9. The van der Waals surface area contributed by atoms with E-state index in [2.05, 4.69) is 375 Å². The highest BCUT2D eigenvalue weighted by atomic mass is 15.3. The van der Waals surface area contributed by atoms with Crippen LogP contribution in [-0.2, 0) is 21.1 Å². The molecular formula is C90H62N10. The molecule has 0 saturated heterocycles. The normalized spacial score (nSPS) is 11.9. The zero-order valence-corrected chi connectivity index (χ0v) is 55.1. The van der Waals surface area contributed by atoms with Crippen LogP contribution in [0.3, 0.4) is 0 Å². The van der Waals surface area contributed by atoms with Crippen LogP contribution in [0.4, 0.5) is 0 Å². The predicted molar refractivity (Wildman–Crippen MR) is 415 cm³/mol. The first-order valence-corrected chi connectivity index (χ1v) is 34.0. The zero-order valence-electron chi connectivity index (χ0n) is 55.1. The van der Waals surface area contributed by atoms with Gasteiger partial charge in [-0.1, -0.05) is 224 Å². The number of nitrogens with zero attached hydrogens (tertiary/aromatic N) is 10. The van der Waals surface area contributed by atoms with E-state index >= 15 is 0 Å². The average molecular weight is 1280 g/mol. The van der Waals surface area contributed by atoms with E-state index in [1.54, 1.807) is 0 Å². The van der Waals surface area contributed by atoms with Gasteiger partial charge in [0.05, 0.1) is 77.2 Å². The minimum Gasteiger partial charge on any atom is -0.313 e. The lowest BCUT2D eigenvalue weighted by atomic mass is 10.0. The number of para-hydroxylation sites is 7. The molecule has 0 aliphatic heterocycles. The molecule has 0 aliphatic rings. The van der Waals surface area contributed by atoms with Gasteiger partial charge in [0.15, 0.2) is 0 Å². The Bertz CT molecular complexity index is 6630. The molecule has 100 heavy (non-hydrogen) atoms. The van der Waals surface area contributed by atoms with Gasteiger partial charge < -0.3 is 18.3 Å². The molecule has 472 valence electrons. The Labute approximate surface area is 574 Å². The molecule has 10 nitrogen and oxygen atoms in total. The lowest BCUT2D eigenvalue weighted by Crippen LogP contribution is -2.06. The van der Waals surface area contributed by atoms with E-state index in [1.807, 2.05) is 0 Å². The molecule has 14 aromatic carbocycles. The number of benzene rings is 14. The Hall–Kier alpha value is -13.3. The number of hydrogen-bond acceptors (Lipinski definition) is 3. The number of fused-ring (bicyclic) bond motifs is 17. The summed E-state index contributed by atoms with van der Waals surface area (Å²) in [4.78, 5) is 15.9. The smallest absolute Gasteiger partial charge is 0.215 e. The van der Waals surface area contributed by atoms with Gasteiger partial charge >= 0.3 is 0 Å². The second kappa shape index (κ2) is 22.4. The number of hydrogen-bond donors (Lipinski definition) is 0. The SMILES string of the molecule is Cn1c(-n2c3ccc(-c4ccccc4)cc3c3ccc4c5cc(-c6ccccc6)ccc5n(-c5ccccc5)c4c32)nc2ccccc21.Cn1c(-n2c3ccc(-c4ccccc4)cc3c3ccc4c5cc(-c6ccccc6)ccc5n(-c5nc6ccccc6n5C)c4c32)nc2ccccc21. The molecule has 21 aromatic rings. The van der Waals surface area contributed by atoms with Gasteiger partial charge in [0.1, 0.15) is 0 Å². The van der Waals surface area contributed by atoms with Crippen LogP contribution in [0, 0.1) is 0 Å². The predicted octanol–water partition coefficient (Wildman–Crippen LogP) is 22.1. The molecule has 0 unspecified atom stereocenters. The fourth-order valence-electron chi connectivity index (χ4n) is 15.9. The molecule has 0 atom stereocenters. The third kappa shape index (κ3) is 8.66. The largest absolute Gasteiger partial charge is 0.313 e. The van der Waals surface area contributed by atoms with E-state index in [0.717, 1.165) is 89.7 Å². The summed E-state index contributed by atoms with van der Waals surface area (Å²) in [5, 5.41) is 9.53. The van der Waals surface area contributed by atoms with Gasteiger partial charge in [-0.2, -0.15) is 0 Å². The van der Waals surface area contributed by atoms with Crippen molar-refractivity contribution in [1.29, 1.82) is 0 Å². The number of imidazole rings is 3. The molecule has 0 N–H and O–H groups in total. The Morgan fingerprint density at radius 3 is 0.710 bits per heavy atom. The van der Waals surface area contributed by atoms with Crippen molar-refractivity contribution in [3.63, 3.8) is 0 Å². The molecule has 0 bridgehead atoms. The van der Waals surface area contributed by atoms with Crippen molar-refractivity contribution < 1.29 is 0 Å². The highest BCUT2D eigenvalue weighted by Gasteiger charge is 2.28. The maximum Gasteiger partial charge on any atom is 0.215 e. The molecule has 0 aliphatic carbocycles. The van der Waals surface area contributed by atoms with Gasteiger partial charge in [0, 0.05) is 69.9 Å². The highest BCUT2D eigenvalue weighted by Crippen LogP contribution is 2.47. The van der Waals surface area contributed by atoms with Crippen molar-refractivity contribution in [2.45, 2.75) is 0 Å².